The Hall–Kier alpha value is -0.860. The highest BCUT2D eigenvalue weighted by molar-refractivity contribution is 5.12. The Morgan fingerprint density at radius 2 is 2.00 bits per heavy atom. The molecule has 0 aliphatic heterocycles. The summed E-state index contributed by atoms with van der Waals surface area (Å²) >= 11 is 0. The highest BCUT2D eigenvalue weighted by atomic mass is 16.3. The van der Waals surface area contributed by atoms with Crippen molar-refractivity contribution in [3.63, 3.8) is 0 Å². The van der Waals surface area contributed by atoms with Crippen LogP contribution in [0.2, 0.25) is 0 Å². The lowest BCUT2D eigenvalue weighted by Gasteiger charge is -2.03. The molecule has 1 rings (SSSR count). The number of quaternary nitrogens is 1. The Balaban J connectivity index is 2.25. The predicted molar refractivity (Wildman–Crippen MR) is 48.6 cm³/mol. The Kier molecular flexibility index (Phi) is 3.77. The van der Waals surface area contributed by atoms with Crippen molar-refractivity contribution in [2.45, 2.75) is 19.6 Å². The zero-order valence-corrected chi connectivity index (χ0v) is 7.40. The molecule has 0 radical (unpaired) electrons. The molecule has 0 unspecified atom stereocenters. The van der Waals surface area contributed by atoms with E-state index < -0.39 is 0 Å². The van der Waals surface area contributed by atoms with Gasteiger partial charge in [0.15, 0.2) is 0 Å². The van der Waals surface area contributed by atoms with Crippen LogP contribution in [0.25, 0.3) is 0 Å². The van der Waals surface area contributed by atoms with E-state index in [0.717, 1.165) is 13.1 Å². The molecule has 0 heterocycles. The molecule has 0 saturated heterocycles. The van der Waals surface area contributed by atoms with Crippen LogP contribution in [0.4, 0.5) is 0 Å². The number of nitrogens with two attached hydrogens (primary N) is 1. The molecule has 0 aromatic heterocycles. The topological polar surface area (TPSA) is 36.8 Å². The van der Waals surface area contributed by atoms with E-state index in [1.807, 2.05) is 25.1 Å². The lowest BCUT2D eigenvalue weighted by molar-refractivity contribution is -0.676. The van der Waals surface area contributed by atoms with Gasteiger partial charge in [-0.25, -0.2) is 0 Å². The fraction of sp³-hybridized carbons (Fsp3) is 0.400. The molecule has 1 atom stereocenters. The molecule has 0 fully saturated rings. The van der Waals surface area contributed by atoms with Crippen molar-refractivity contribution in [1.29, 1.82) is 0 Å². The summed E-state index contributed by atoms with van der Waals surface area (Å²) < 4.78 is 0. The number of benzene rings is 1. The third kappa shape index (κ3) is 3.51. The molecule has 1 aromatic carbocycles. The first-order chi connectivity index (χ1) is 5.79. The lowest BCUT2D eigenvalue weighted by Crippen LogP contribution is -2.84. The normalized spacial score (nSPS) is 12.8. The van der Waals surface area contributed by atoms with Gasteiger partial charge in [0.1, 0.15) is 13.1 Å². The molecule has 0 saturated carbocycles. The maximum atomic E-state index is 9.00. The van der Waals surface area contributed by atoms with Crippen LogP contribution in [0.1, 0.15) is 12.5 Å². The number of aliphatic hydroxyl groups excluding tert-OH is 1. The summed E-state index contributed by atoms with van der Waals surface area (Å²) in [5, 5.41) is 11.1. The highest BCUT2D eigenvalue weighted by Crippen LogP contribution is 1.94. The van der Waals surface area contributed by atoms with Crippen molar-refractivity contribution in [2.75, 3.05) is 6.54 Å². The standard InChI is InChI=1S/C10H15NO/c1-9(12)7-11-8-10-5-3-2-4-6-10/h2-6,9,11-12H,7-8H2,1H3/p+1/t9-/m1/s1. The molecule has 0 spiro atoms. The Morgan fingerprint density at radius 3 is 2.58 bits per heavy atom. The zero-order chi connectivity index (χ0) is 8.81. The smallest absolute Gasteiger partial charge is 0.102 e. The van der Waals surface area contributed by atoms with Gasteiger partial charge < -0.3 is 10.4 Å². The summed E-state index contributed by atoms with van der Waals surface area (Å²) in [5.74, 6) is 0. The molecular formula is C10H16NO+. The molecule has 2 heteroatoms. The van der Waals surface area contributed by atoms with Crippen molar-refractivity contribution in [3.05, 3.63) is 35.9 Å². The molecular weight excluding hydrogens is 150 g/mol. The van der Waals surface area contributed by atoms with E-state index in [-0.39, 0.29) is 6.10 Å². The maximum Gasteiger partial charge on any atom is 0.102 e. The Morgan fingerprint density at radius 1 is 1.33 bits per heavy atom. The Bertz CT molecular complexity index is 208. The van der Waals surface area contributed by atoms with Gasteiger partial charge in [-0.1, -0.05) is 30.3 Å². The minimum atomic E-state index is -0.214. The number of hydrogen-bond donors (Lipinski definition) is 2. The minimum absolute atomic E-state index is 0.214. The average molecular weight is 166 g/mol. The van der Waals surface area contributed by atoms with Crippen LogP contribution in [0.5, 0.6) is 0 Å². The molecule has 0 amide bonds. The number of aliphatic hydroxyl groups is 1. The van der Waals surface area contributed by atoms with Gasteiger partial charge in [-0.05, 0) is 6.92 Å². The van der Waals surface area contributed by atoms with E-state index in [9.17, 15) is 0 Å². The first-order valence-corrected chi connectivity index (χ1v) is 4.32. The Labute approximate surface area is 73.2 Å². The molecule has 0 aliphatic rings. The third-order valence-corrected chi connectivity index (χ3v) is 1.73. The average Bonchev–Trinajstić information content (AvgIpc) is 2.05. The van der Waals surface area contributed by atoms with E-state index in [1.165, 1.54) is 5.56 Å². The summed E-state index contributed by atoms with van der Waals surface area (Å²) in [6.07, 6.45) is -0.214. The largest absolute Gasteiger partial charge is 0.388 e. The second kappa shape index (κ2) is 4.91. The molecule has 12 heavy (non-hydrogen) atoms. The van der Waals surface area contributed by atoms with Crippen molar-refractivity contribution < 1.29 is 10.4 Å². The lowest BCUT2D eigenvalue weighted by atomic mass is 10.2. The third-order valence-electron chi connectivity index (χ3n) is 1.73. The molecule has 0 aliphatic carbocycles. The molecule has 3 N–H and O–H groups in total. The van der Waals surface area contributed by atoms with Crippen LogP contribution in [-0.2, 0) is 6.54 Å². The van der Waals surface area contributed by atoms with E-state index in [0.29, 0.717) is 0 Å². The van der Waals surface area contributed by atoms with E-state index in [1.54, 1.807) is 0 Å². The van der Waals surface area contributed by atoms with Crippen LogP contribution in [0, 0.1) is 0 Å². The van der Waals surface area contributed by atoms with E-state index >= 15 is 0 Å². The van der Waals surface area contributed by atoms with Crippen LogP contribution in [-0.4, -0.2) is 17.8 Å². The molecule has 1 aromatic rings. The summed E-state index contributed by atoms with van der Waals surface area (Å²) in [4.78, 5) is 0. The summed E-state index contributed by atoms with van der Waals surface area (Å²) in [5.41, 5.74) is 1.30. The molecule has 2 nitrogen and oxygen atoms in total. The number of rotatable bonds is 4. The van der Waals surface area contributed by atoms with E-state index in [4.69, 9.17) is 5.11 Å². The zero-order valence-electron chi connectivity index (χ0n) is 7.40. The van der Waals surface area contributed by atoms with Gasteiger partial charge in [-0.15, -0.1) is 0 Å². The monoisotopic (exact) mass is 166 g/mol. The van der Waals surface area contributed by atoms with Gasteiger partial charge in [-0.2, -0.15) is 0 Å². The fourth-order valence-corrected chi connectivity index (χ4v) is 1.11. The number of hydrogen-bond acceptors (Lipinski definition) is 1. The van der Waals surface area contributed by atoms with Gasteiger partial charge in [0.05, 0.1) is 6.10 Å². The second-order valence-corrected chi connectivity index (χ2v) is 3.06. The van der Waals surface area contributed by atoms with Crippen molar-refractivity contribution in [3.8, 4) is 0 Å². The summed E-state index contributed by atoms with van der Waals surface area (Å²) in [6.45, 7) is 3.53. The first-order valence-electron chi connectivity index (χ1n) is 4.32. The summed E-state index contributed by atoms with van der Waals surface area (Å²) in [6, 6.07) is 10.3. The quantitative estimate of drug-likeness (QED) is 0.655. The van der Waals surface area contributed by atoms with Crippen LogP contribution in [0.15, 0.2) is 30.3 Å². The SMILES string of the molecule is C[C@@H](O)C[NH2+]Cc1ccccc1. The summed E-state index contributed by atoms with van der Waals surface area (Å²) in [7, 11) is 0. The fourth-order valence-electron chi connectivity index (χ4n) is 1.11. The first kappa shape index (κ1) is 9.23. The van der Waals surface area contributed by atoms with E-state index in [2.05, 4.69) is 17.4 Å². The van der Waals surface area contributed by atoms with Crippen LogP contribution in [0.3, 0.4) is 0 Å². The van der Waals surface area contributed by atoms with Crippen LogP contribution < -0.4 is 5.32 Å². The maximum absolute atomic E-state index is 9.00. The van der Waals surface area contributed by atoms with Gasteiger partial charge >= 0.3 is 0 Å². The predicted octanol–water partition coefficient (Wildman–Crippen LogP) is 0.131. The molecule has 0 bridgehead atoms. The minimum Gasteiger partial charge on any atom is -0.388 e. The van der Waals surface area contributed by atoms with Crippen molar-refractivity contribution in [2.24, 2.45) is 0 Å². The molecule has 66 valence electrons. The van der Waals surface area contributed by atoms with Crippen LogP contribution >= 0.6 is 0 Å². The van der Waals surface area contributed by atoms with Gasteiger partial charge in [0.25, 0.3) is 0 Å². The van der Waals surface area contributed by atoms with Crippen molar-refractivity contribution in [1.82, 2.24) is 0 Å². The van der Waals surface area contributed by atoms with Crippen molar-refractivity contribution >= 4 is 0 Å². The van der Waals surface area contributed by atoms with Gasteiger partial charge in [0.2, 0.25) is 0 Å². The second-order valence-electron chi connectivity index (χ2n) is 3.06. The van der Waals surface area contributed by atoms with Gasteiger partial charge in [0, 0.05) is 5.56 Å². The highest BCUT2D eigenvalue weighted by Gasteiger charge is 1.97. The van der Waals surface area contributed by atoms with Gasteiger partial charge in [-0.3, -0.25) is 0 Å².